The number of carbonyl (C=O) groups excluding carboxylic acids is 1. The molecular weight excluding hydrogens is 615 g/mol. The number of halogens is 4. The molecule has 1 atom stereocenters. The first-order valence-electron chi connectivity index (χ1n) is 14.7. The van der Waals surface area contributed by atoms with Crippen LogP contribution in [0.25, 0.3) is 5.82 Å². The highest BCUT2D eigenvalue weighted by Crippen LogP contribution is 2.59. The SMILES string of the molecule is CN(CCCC1CNC(C)(C)C1)c1ccc(SNC(=O)c2ccc(-n3ccc(OCCC4(C(F)(F)F)CC4)n3)nc2Cl)cn1. The number of alkyl halides is 3. The number of pyridine rings is 2. The van der Waals surface area contributed by atoms with E-state index in [2.05, 4.69) is 43.9 Å². The number of aromatic nitrogens is 4. The molecule has 1 aliphatic carbocycles. The molecule has 3 aromatic heterocycles. The third-order valence-electron chi connectivity index (χ3n) is 8.31. The van der Waals surface area contributed by atoms with Crippen molar-refractivity contribution in [2.45, 2.75) is 69.0 Å². The van der Waals surface area contributed by atoms with Crippen LogP contribution >= 0.6 is 23.5 Å². The molecule has 1 unspecified atom stereocenters. The van der Waals surface area contributed by atoms with Gasteiger partial charge in [0.15, 0.2) is 5.82 Å². The van der Waals surface area contributed by atoms with Crippen molar-refractivity contribution in [3.8, 4) is 11.7 Å². The quantitative estimate of drug-likeness (QED) is 0.160. The smallest absolute Gasteiger partial charge is 0.394 e. The van der Waals surface area contributed by atoms with Gasteiger partial charge in [-0.3, -0.25) is 9.52 Å². The highest BCUT2D eigenvalue weighted by Gasteiger charge is 2.62. The summed E-state index contributed by atoms with van der Waals surface area (Å²) >= 11 is 7.44. The molecule has 1 aliphatic heterocycles. The standard InChI is InChI=1S/C30H37ClF3N7O2S/c1-28(2)17-20(18-36-28)5-4-14-40(3)23-8-6-21(19-35-23)44-39-27(42)22-7-9-24(37-26(22)31)41-15-10-25(38-41)43-16-13-29(11-12-29)30(32,33)34/h6-10,15,19-20,36H,4-5,11-14,16-18H2,1-3H3,(H,39,42). The fourth-order valence-corrected chi connectivity index (χ4v) is 6.25. The number of anilines is 1. The third kappa shape index (κ3) is 7.97. The summed E-state index contributed by atoms with van der Waals surface area (Å²) in [6, 6.07) is 8.47. The molecule has 44 heavy (non-hydrogen) atoms. The first-order chi connectivity index (χ1) is 20.8. The molecule has 0 aromatic carbocycles. The Morgan fingerprint density at radius 3 is 2.68 bits per heavy atom. The van der Waals surface area contributed by atoms with Crippen molar-refractivity contribution in [3.63, 3.8) is 0 Å². The van der Waals surface area contributed by atoms with Crippen LogP contribution in [-0.4, -0.2) is 64.1 Å². The van der Waals surface area contributed by atoms with Crippen LogP contribution in [0.1, 0.15) is 62.7 Å². The number of nitrogens with one attached hydrogen (secondary N) is 2. The van der Waals surface area contributed by atoms with Gasteiger partial charge in [0.2, 0.25) is 5.88 Å². The van der Waals surface area contributed by atoms with Gasteiger partial charge in [0, 0.05) is 42.5 Å². The number of rotatable bonds is 13. The highest BCUT2D eigenvalue weighted by molar-refractivity contribution is 7.98. The highest BCUT2D eigenvalue weighted by atomic mass is 35.5. The van der Waals surface area contributed by atoms with Gasteiger partial charge in [0.1, 0.15) is 11.0 Å². The molecule has 2 aliphatic rings. The van der Waals surface area contributed by atoms with Crippen LogP contribution in [0.15, 0.2) is 47.6 Å². The van der Waals surface area contributed by atoms with Crippen LogP contribution in [0.4, 0.5) is 19.0 Å². The molecule has 14 heteroatoms. The molecule has 2 fully saturated rings. The van der Waals surface area contributed by atoms with Crippen LogP contribution in [0.5, 0.6) is 5.88 Å². The van der Waals surface area contributed by atoms with E-state index in [0.29, 0.717) is 11.7 Å². The van der Waals surface area contributed by atoms with Gasteiger partial charge in [-0.2, -0.15) is 13.2 Å². The summed E-state index contributed by atoms with van der Waals surface area (Å²) < 4.78 is 48.9. The Balaban J connectivity index is 1.07. The second-order valence-corrected chi connectivity index (χ2v) is 13.5. The fourth-order valence-electron chi connectivity index (χ4n) is 5.45. The van der Waals surface area contributed by atoms with Crippen LogP contribution in [0, 0.1) is 11.3 Å². The summed E-state index contributed by atoms with van der Waals surface area (Å²) in [5, 5.41) is 7.76. The molecular formula is C30H37ClF3N7O2S. The monoisotopic (exact) mass is 651 g/mol. The molecule has 1 amide bonds. The summed E-state index contributed by atoms with van der Waals surface area (Å²) in [7, 11) is 2.03. The van der Waals surface area contributed by atoms with Crippen molar-refractivity contribution < 1.29 is 22.7 Å². The molecule has 2 N–H and O–H groups in total. The van der Waals surface area contributed by atoms with Crippen molar-refractivity contribution in [2.24, 2.45) is 11.3 Å². The molecule has 3 aromatic rings. The first-order valence-corrected chi connectivity index (χ1v) is 15.9. The molecule has 238 valence electrons. The van der Waals surface area contributed by atoms with Gasteiger partial charge in [-0.25, -0.2) is 14.6 Å². The number of hydrogen-bond acceptors (Lipinski definition) is 8. The molecule has 1 saturated carbocycles. The van der Waals surface area contributed by atoms with E-state index < -0.39 is 17.5 Å². The van der Waals surface area contributed by atoms with Crippen LogP contribution < -0.4 is 19.7 Å². The van der Waals surface area contributed by atoms with E-state index in [1.54, 1.807) is 18.5 Å². The van der Waals surface area contributed by atoms with Gasteiger partial charge in [-0.15, -0.1) is 5.10 Å². The molecule has 4 heterocycles. The van der Waals surface area contributed by atoms with Gasteiger partial charge in [0.25, 0.3) is 5.91 Å². The number of ether oxygens (including phenoxy) is 1. The third-order valence-corrected chi connectivity index (χ3v) is 9.36. The average Bonchev–Trinajstić information content (AvgIpc) is 3.50. The second-order valence-electron chi connectivity index (χ2n) is 12.3. The molecule has 1 saturated heterocycles. The molecule has 9 nitrogen and oxygen atoms in total. The number of hydrogen-bond donors (Lipinski definition) is 2. The predicted molar refractivity (Wildman–Crippen MR) is 164 cm³/mol. The van der Waals surface area contributed by atoms with Gasteiger partial charge >= 0.3 is 6.18 Å². The largest absolute Gasteiger partial charge is 0.477 e. The number of nitrogens with zero attached hydrogens (tertiary/aromatic N) is 5. The lowest BCUT2D eigenvalue weighted by Gasteiger charge is -2.20. The Morgan fingerprint density at radius 1 is 1.25 bits per heavy atom. The summed E-state index contributed by atoms with van der Waals surface area (Å²) in [5.74, 6) is 1.67. The van der Waals surface area contributed by atoms with Crippen molar-refractivity contribution in [1.82, 2.24) is 29.8 Å². The minimum absolute atomic E-state index is 0.0218. The Kier molecular flexibility index (Phi) is 9.66. The lowest BCUT2D eigenvalue weighted by molar-refractivity contribution is -0.190. The lowest BCUT2D eigenvalue weighted by atomic mass is 9.94. The van der Waals surface area contributed by atoms with Crippen molar-refractivity contribution in [3.05, 3.63) is 53.4 Å². The van der Waals surface area contributed by atoms with Crippen LogP contribution in [0.2, 0.25) is 5.15 Å². The predicted octanol–water partition coefficient (Wildman–Crippen LogP) is 6.47. The molecule has 0 bridgehead atoms. The summed E-state index contributed by atoms with van der Waals surface area (Å²) in [6.07, 6.45) is 2.71. The minimum Gasteiger partial charge on any atom is -0.477 e. The van der Waals surface area contributed by atoms with E-state index in [-0.39, 0.29) is 48.0 Å². The Labute approximate surface area is 264 Å². The van der Waals surface area contributed by atoms with Crippen molar-refractivity contribution in [1.29, 1.82) is 0 Å². The minimum atomic E-state index is -4.22. The molecule has 5 rings (SSSR count). The van der Waals surface area contributed by atoms with Crippen LogP contribution in [0.3, 0.4) is 0 Å². The maximum absolute atomic E-state index is 13.1. The fraction of sp³-hybridized carbons (Fsp3) is 0.533. The first kappa shape index (κ1) is 32.4. The van der Waals surface area contributed by atoms with Gasteiger partial charge < -0.3 is 15.0 Å². The summed E-state index contributed by atoms with van der Waals surface area (Å²) in [5.41, 5.74) is -1.21. The van der Waals surface area contributed by atoms with Gasteiger partial charge in [-0.05, 0) is 101 Å². The van der Waals surface area contributed by atoms with Gasteiger partial charge in [0.05, 0.1) is 17.6 Å². The zero-order valence-corrected chi connectivity index (χ0v) is 26.5. The zero-order valence-electron chi connectivity index (χ0n) is 25.0. The molecule has 0 radical (unpaired) electrons. The van der Waals surface area contributed by atoms with E-state index in [1.165, 1.54) is 29.7 Å². The van der Waals surface area contributed by atoms with Gasteiger partial charge in [-0.1, -0.05) is 11.6 Å². The maximum Gasteiger partial charge on any atom is 0.394 e. The lowest BCUT2D eigenvalue weighted by Crippen LogP contribution is -2.31. The Bertz CT molecular complexity index is 1450. The zero-order chi connectivity index (χ0) is 31.5. The summed E-state index contributed by atoms with van der Waals surface area (Å²) in [6.45, 7) is 6.42. The van der Waals surface area contributed by atoms with E-state index in [0.717, 1.165) is 42.2 Å². The Hall–Kier alpha value is -3.03. The summed E-state index contributed by atoms with van der Waals surface area (Å²) in [4.78, 5) is 24.5. The maximum atomic E-state index is 13.1. The average molecular weight is 652 g/mol. The van der Waals surface area contributed by atoms with E-state index >= 15 is 0 Å². The molecule has 0 spiro atoms. The van der Waals surface area contributed by atoms with Crippen molar-refractivity contribution in [2.75, 3.05) is 31.6 Å². The topological polar surface area (TPSA) is 97.2 Å². The van der Waals surface area contributed by atoms with E-state index in [1.807, 2.05) is 19.2 Å². The van der Waals surface area contributed by atoms with Crippen molar-refractivity contribution >= 4 is 35.3 Å². The normalized spacial score (nSPS) is 18.7. The number of amides is 1. The van der Waals surface area contributed by atoms with E-state index in [9.17, 15) is 18.0 Å². The Morgan fingerprint density at radius 2 is 2.05 bits per heavy atom. The number of carbonyl (C=O) groups is 1. The van der Waals surface area contributed by atoms with Crippen LogP contribution in [-0.2, 0) is 0 Å². The van der Waals surface area contributed by atoms with E-state index in [4.69, 9.17) is 16.3 Å². The second kappa shape index (κ2) is 13.1.